The second-order valence-electron chi connectivity index (χ2n) is 10.8. The summed E-state index contributed by atoms with van der Waals surface area (Å²) in [6.45, 7) is 7.15. The number of ether oxygens (including phenoxy) is 1. The second-order valence-corrected chi connectivity index (χ2v) is 11.9. The molecule has 2 atom stereocenters. The maximum Gasteiger partial charge on any atom is 0.332 e. The van der Waals surface area contributed by atoms with Gasteiger partial charge in [0.05, 0.1) is 36.5 Å². The minimum absolute atomic E-state index is 0.0382. The molecule has 13 heteroatoms. The third kappa shape index (κ3) is 6.64. The van der Waals surface area contributed by atoms with Gasteiger partial charge in [-0.1, -0.05) is 55.0 Å². The van der Waals surface area contributed by atoms with Crippen LogP contribution in [0.25, 0.3) is 10.2 Å². The van der Waals surface area contributed by atoms with E-state index in [1.165, 1.54) is 16.3 Å². The Morgan fingerprint density at radius 3 is 2.80 bits per heavy atom. The van der Waals surface area contributed by atoms with Crippen molar-refractivity contribution < 1.29 is 24.2 Å². The molecule has 0 aliphatic carbocycles. The minimum Gasteiger partial charge on any atom is -0.491 e. The van der Waals surface area contributed by atoms with Crippen LogP contribution in [-0.4, -0.2) is 99.4 Å². The standard InChI is InChI=1S/C31H39N7O5S/c1-3-5-13-33-31(42)36(14-4-2)37-20-27(40)38-24(17-21-9-11-23(12-10-21)43-16-15-39)29(41)35(19-26(37)38)18-22-7-6-8-25-28(22)34-30(32)44-25/h4,6-12,24,26,39H,2-3,5,13-20H2,1H3,(H2,32,34)(H,33,42)/t24-,26+/m0/s1. The molecule has 2 saturated heterocycles. The number of thiazole rings is 1. The number of piperazine rings is 1. The third-order valence-corrected chi connectivity index (χ3v) is 8.66. The zero-order chi connectivity index (χ0) is 31.2. The number of unbranched alkanes of at least 4 members (excludes halogenated alkanes) is 1. The zero-order valence-corrected chi connectivity index (χ0v) is 25.7. The molecule has 234 valence electrons. The van der Waals surface area contributed by atoms with Gasteiger partial charge in [0.15, 0.2) is 5.13 Å². The molecule has 2 aliphatic heterocycles. The summed E-state index contributed by atoms with van der Waals surface area (Å²) in [4.78, 5) is 49.0. The first-order valence-electron chi connectivity index (χ1n) is 14.8. The molecule has 2 fully saturated rings. The van der Waals surface area contributed by atoms with Gasteiger partial charge in [-0.2, -0.15) is 5.01 Å². The van der Waals surface area contributed by atoms with Gasteiger partial charge in [0, 0.05) is 19.5 Å². The van der Waals surface area contributed by atoms with Crippen molar-refractivity contribution in [1.82, 2.24) is 30.1 Å². The Balaban J connectivity index is 1.47. The first-order valence-corrected chi connectivity index (χ1v) is 15.7. The van der Waals surface area contributed by atoms with Gasteiger partial charge in [-0.3, -0.25) is 14.6 Å². The van der Waals surface area contributed by atoms with Crippen molar-refractivity contribution in [2.75, 3.05) is 45.1 Å². The smallest absolute Gasteiger partial charge is 0.332 e. The van der Waals surface area contributed by atoms with Gasteiger partial charge >= 0.3 is 6.03 Å². The highest BCUT2D eigenvalue weighted by molar-refractivity contribution is 7.22. The van der Waals surface area contributed by atoms with Gasteiger partial charge in [0.25, 0.3) is 0 Å². The number of aliphatic hydroxyl groups excluding tert-OH is 1. The topological polar surface area (TPSA) is 145 Å². The highest BCUT2D eigenvalue weighted by Crippen LogP contribution is 2.32. The lowest BCUT2D eigenvalue weighted by molar-refractivity contribution is -0.157. The van der Waals surface area contributed by atoms with Crippen molar-refractivity contribution in [2.24, 2.45) is 0 Å². The number of carbonyl (C=O) groups excluding carboxylic acids is 3. The van der Waals surface area contributed by atoms with Gasteiger partial charge in [-0.25, -0.2) is 9.78 Å². The van der Waals surface area contributed by atoms with E-state index in [9.17, 15) is 14.4 Å². The van der Waals surface area contributed by atoms with Crippen molar-refractivity contribution in [2.45, 2.75) is 44.9 Å². The maximum absolute atomic E-state index is 14.2. The summed E-state index contributed by atoms with van der Waals surface area (Å²) in [5.41, 5.74) is 8.47. The number of rotatable bonds is 13. The number of anilines is 1. The minimum atomic E-state index is -0.788. The normalized spacial score (nSPS) is 18.5. The molecule has 3 heterocycles. The van der Waals surface area contributed by atoms with E-state index in [2.05, 4.69) is 23.8 Å². The number of nitrogens with two attached hydrogens (primary N) is 1. The predicted octanol–water partition coefficient (Wildman–Crippen LogP) is 2.59. The number of fused-ring (bicyclic) bond motifs is 2. The molecule has 0 unspecified atom stereocenters. The van der Waals surface area contributed by atoms with Gasteiger partial charge in [0.2, 0.25) is 11.8 Å². The van der Waals surface area contributed by atoms with Gasteiger partial charge in [0.1, 0.15) is 24.6 Å². The number of para-hydroxylation sites is 1. The molecule has 0 bridgehead atoms. The fourth-order valence-corrected chi connectivity index (χ4v) is 6.53. The Kier molecular flexibility index (Phi) is 9.98. The number of hydrogen-bond acceptors (Lipinski definition) is 9. The van der Waals surface area contributed by atoms with E-state index in [4.69, 9.17) is 15.6 Å². The number of nitrogens with zero attached hydrogens (tertiary/aromatic N) is 5. The van der Waals surface area contributed by atoms with Crippen LogP contribution >= 0.6 is 11.3 Å². The van der Waals surface area contributed by atoms with E-state index < -0.39 is 12.2 Å². The Bertz CT molecular complexity index is 1500. The highest BCUT2D eigenvalue weighted by Gasteiger charge is 2.52. The number of urea groups is 1. The zero-order valence-electron chi connectivity index (χ0n) is 24.9. The molecule has 2 aromatic carbocycles. The van der Waals surface area contributed by atoms with Crippen molar-refractivity contribution >= 4 is 44.5 Å². The van der Waals surface area contributed by atoms with E-state index in [0.717, 1.165) is 34.2 Å². The van der Waals surface area contributed by atoms with Crippen LogP contribution in [0.2, 0.25) is 0 Å². The van der Waals surface area contributed by atoms with Crippen LogP contribution in [0, 0.1) is 0 Å². The highest BCUT2D eigenvalue weighted by atomic mass is 32.1. The van der Waals surface area contributed by atoms with Crippen molar-refractivity contribution in [3.63, 3.8) is 0 Å². The number of benzene rings is 2. The Morgan fingerprint density at radius 2 is 2.07 bits per heavy atom. The fraction of sp³-hybridized carbons (Fsp3) is 0.419. The van der Waals surface area contributed by atoms with Gasteiger partial charge in [-0.05, 0) is 35.7 Å². The lowest BCUT2D eigenvalue weighted by atomic mass is 9.99. The summed E-state index contributed by atoms with van der Waals surface area (Å²) in [6.07, 6.45) is 3.12. The number of aromatic nitrogens is 1. The predicted molar refractivity (Wildman–Crippen MR) is 169 cm³/mol. The summed E-state index contributed by atoms with van der Waals surface area (Å²) in [6, 6.07) is 12.0. The SMILES string of the molecule is C=CCN(C(=O)NCCCC)N1CC(=O)N2[C@@H](Cc3ccc(OCCO)cc3)C(=O)N(Cc3cccc4sc(N)nc34)C[C@@H]21. The Hall–Kier alpha value is -4.20. The van der Waals surface area contributed by atoms with Crippen molar-refractivity contribution in [3.05, 3.63) is 66.2 Å². The summed E-state index contributed by atoms with van der Waals surface area (Å²) < 4.78 is 6.42. The van der Waals surface area contributed by atoms with E-state index in [0.29, 0.717) is 17.4 Å². The van der Waals surface area contributed by atoms with E-state index in [1.807, 2.05) is 30.3 Å². The summed E-state index contributed by atoms with van der Waals surface area (Å²) in [5.74, 6) is 0.200. The average molecular weight is 622 g/mol. The first-order chi connectivity index (χ1) is 21.3. The Morgan fingerprint density at radius 1 is 1.27 bits per heavy atom. The maximum atomic E-state index is 14.2. The van der Waals surface area contributed by atoms with Crippen LogP contribution in [-0.2, 0) is 22.6 Å². The molecule has 2 aliphatic rings. The number of hydrazine groups is 1. The molecular formula is C31H39N7O5S. The molecule has 1 aromatic heterocycles. The molecule has 44 heavy (non-hydrogen) atoms. The third-order valence-electron chi connectivity index (χ3n) is 7.81. The molecule has 0 saturated carbocycles. The van der Waals surface area contributed by atoms with Crippen molar-refractivity contribution in [1.29, 1.82) is 0 Å². The quantitative estimate of drug-likeness (QED) is 0.195. The number of amides is 4. The number of carbonyl (C=O) groups is 3. The van der Waals surface area contributed by atoms with Crippen molar-refractivity contribution in [3.8, 4) is 5.75 Å². The van der Waals surface area contributed by atoms with Crippen LogP contribution in [0.15, 0.2) is 55.1 Å². The Labute approximate surface area is 260 Å². The summed E-state index contributed by atoms with van der Waals surface area (Å²) >= 11 is 1.39. The fourth-order valence-electron chi connectivity index (χ4n) is 5.74. The second kappa shape index (κ2) is 14.1. The average Bonchev–Trinajstić information content (AvgIpc) is 3.56. The number of aliphatic hydroxyl groups is 1. The number of hydrogen-bond donors (Lipinski definition) is 3. The first kappa shape index (κ1) is 31.2. The lowest BCUT2D eigenvalue weighted by Crippen LogP contribution is -2.66. The van der Waals surface area contributed by atoms with Crippen LogP contribution in [0.5, 0.6) is 5.75 Å². The molecule has 5 rings (SSSR count). The molecule has 4 N–H and O–H groups in total. The molecule has 0 spiro atoms. The van der Waals surface area contributed by atoms with Crippen LogP contribution < -0.4 is 15.8 Å². The molecule has 12 nitrogen and oxygen atoms in total. The largest absolute Gasteiger partial charge is 0.491 e. The van der Waals surface area contributed by atoms with Gasteiger partial charge < -0.3 is 30.7 Å². The number of nitrogen functional groups attached to an aromatic ring is 1. The van der Waals surface area contributed by atoms with E-state index in [-0.39, 0.29) is 63.7 Å². The number of nitrogens with one attached hydrogen (secondary N) is 1. The van der Waals surface area contributed by atoms with Crippen LogP contribution in [0.3, 0.4) is 0 Å². The molecule has 0 radical (unpaired) electrons. The molecule has 4 amide bonds. The van der Waals surface area contributed by atoms with Crippen LogP contribution in [0.1, 0.15) is 30.9 Å². The molecule has 3 aromatic rings. The monoisotopic (exact) mass is 621 g/mol. The van der Waals surface area contributed by atoms with Crippen LogP contribution in [0.4, 0.5) is 9.93 Å². The summed E-state index contributed by atoms with van der Waals surface area (Å²) in [5, 5.41) is 15.7. The lowest BCUT2D eigenvalue weighted by Gasteiger charge is -2.46. The van der Waals surface area contributed by atoms with Gasteiger partial charge in [-0.15, -0.1) is 6.58 Å². The van der Waals surface area contributed by atoms with E-state index in [1.54, 1.807) is 33.0 Å². The van der Waals surface area contributed by atoms with E-state index >= 15 is 0 Å². The molecular weight excluding hydrogens is 582 g/mol. The summed E-state index contributed by atoms with van der Waals surface area (Å²) in [7, 11) is 0.